The Kier molecular flexibility index (Phi) is 4.82. The van der Waals surface area contributed by atoms with E-state index in [9.17, 15) is 14.9 Å². The van der Waals surface area contributed by atoms with E-state index in [0.717, 1.165) is 16.7 Å². The van der Waals surface area contributed by atoms with Gasteiger partial charge in [-0.1, -0.05) is 36.2 Å². The van der Waals surface area contributed by atoms with Crippen molar-refractivity contribution in [3.63, 3.8) is 0 Å². The molecule has 1 atom stereocenters. The number of aryl methyl sites for hydroxylation is 1. The molecular formula is C14H17N5O3. The van der Waals surface area contributed by atoms with E-state index in [4.69, 9.17) is 0 Å². The minimum Gasteiger partial charge on any atom is -0.390 e. The molecule has 0 saturated heterocycles. The van der Waals surface area contributed by atoms with E-state index in [0.29, 0.717) is 0 Å². The van der Waals surface area contributed by atoms with Crippen molar-refractivity contribution in [1.82, 2.24) is 20.1 Å². The third-order valence-corrected chi connectivity index (χ3v) is 3.26. The number of benzene rings is 1. The van der Waals surface area contributed by atoms with Crippen LogP contribution < -0.4 is 5.32 Å². The molecule has 22 heavy (non-hydrogen) atoms. The third kappa shape index (κ3) is 3.87. The summed E-state index contributed by atoms with van der Waals surface area (Å²) >= 11 is 0. The van der Waals surface area contributed by atoms with Crippen molar-refractivity contribution < 1.29 is 9.72 Å². The van der Waals surface area contributed by atoms with E-state index in [2.05, 4.69) is 22.3 Å². The van der Waals surface area contributed by atoms with E-state index in [1.165, 1.54) is 11.9 Å². The fraction of sp³-hybridized carbons (Fsp3) is 0.357. The molecule has 1 amide bonds. The van der Waals surface area contributed by atoms with Gasteiger partial charge in [-0.15, -0.1) is 0 Å². The van der Waals surface area contributed by atoms with Crippen molar-refractivity contribution in [3.8, 4) is 0 Å². The molecule has 0 unspecified atom stereocenters. The number of aromatic nitrogens is 3. The molecule has 0 spiro atoms. The minimum atomic E-state index is -0.702. The molecule has 8 nitrogen and oxygen atoms in total. The molecule has 1 aromatic carbocycles. The van der Waals surface area contributed by atoms with Crippen LogP contribution in [0.1, 0.15) is 31.0 Å². The van der Waals surface area contributed by atoms with Gasteiger partial charge in [0.25, 0.3) is 0 Å². The van der Waals surface area contributed by atoms with Crippen molar-refractivity contribution in [3.05, 3.63) is 51.8 Å². The standard InChI is InChI=1S/C14H17N5O3/c1-3-11-4-6-12(7-5-11)10(2)16-13(20)8-18-9-15-14(17-18)19(21)22/h4-7,9-10H,3,8H2,1-2H3,(H,16,20)/t10-/m1/s1. The number of hydrogen-bond donors (Lipinski definition) is 1. The molecule has 0 radical (unpaired) electrons. The normalized spacial score (nSPS) is 11.9. The Hall–Kier alpha value is -2.77. The lowest BCUT2D eigenvalue weighted by atomic mass is 10.1. The van der Waals surface area contributed by atoms with Gasteiger partial charge in [-0.2, -0.15) is 4.68 Å². The number of carbonyl (C=O) groups is 1. The average molecular weight is 303 g/mol. The fourth-order valence-corrected chi connectivity index (χ4v) is 2.00. The van der Waals surface area contributed by atoms with Crippen molar-refractivity contribution in [1.29, 1.82) is 0 Å². The Morgan fingerprint density at radius 3 is 2.64 bits per heavy atom. The predicted molar refractivity (Wildman–Crippen MR) is 79.1 cm³/mol. The van der Waals surface area contributed by atoms with Crippen LogP contribution in [0.25, 0.3) is 0 Å². The van der Waals surface area contributed by atoms with Crippen LogP contribution >= 0.6 is 0 Å². The lowest BCUT2D eigenvalue weighted by Crippen LogP contribution is -2.30. The van der Waals surface area contributed by atoms with E-state index >= 15 is 0 Å². The summed E-state index contributed by atoms with van der Waals surface area (Å²) in [6.45, 7) is 3.85. The molecule has 1 heterocycles. The SMILES string of the molecule is CCc1ccc([C@@H](C)NC(=O)Cn2cnc([N+](=O)[O-])n2)cc1. The molecule has 0 aliphatic rings. The number of rotatable bonds is 6. The molecule has 1 aromatic heterocycles. The summed E-state index contributed by atoms with van der Waals surface area (Å²) in [6.07, 6.45) is 2.13. The summed E-state index contributed by atoms with van der Waals surface area (Å²) in [5.74, 6) is -0.803. The highest BCUT2D eigenvalue weighted by molar-refractivity contribution is 5.76. The van der Waals surface area contributed by atoms with Crippen molar-refractivity contribution in [2.75, 3.05) is 0 Å². The molecule has 116 valence electrons. The number of nitrogens with one attached hydrogen (secondary N) is 1. The first-order chi connectivity index (χ1) is 10.5. The maximum atomic E-state index is 11.9. The maximum absolute atomic E-state index is 11.9. The Morgan fingerprint density at radius 2 is 2.09 bits per heavy atom. The lowest BCUT2D eigenvalue weighted by molar-refractivity contribution is -0.394. The highest BCUT2D eigenvalue weighted by Gasteiger charge is 2.16. The van der Waals surface area contributed by atoms with Crippen molar-refractivity contribution in [2.45, 2.75) is 32.9 Å². The van der Waals surface area contributed by atoms with Crippen LogP contribution in [0.5, 0.6) is 0 Å². The largest absolute Gasteiger partial charge is 0.490 e. The third-order valence-electron chi connectivity index (χ3n) is 3.26. The number of amides is 1. The summed E-state index contributed by atoms with van der Waals surface area (Å²) < 4.78 is 1.14. The zero-order chi connectivity index (χ0) is 16.1. The molecule has 1 N–H and O–H groups in total. The molecule has 0 fully saturated rings. The second-order valence-corrected chi connectivity index (χ2v) is 4.88. The Labute approximate surface area is 127 Å². The molecule has 8 heteroatoms. The van der Waals surface area contributed by atoms with Crippen LogP contribution in [-0.2, 0) is 17.8 Å². The van der Waals surface area contributed by atoms with Gasteiger partial charge in [0.15, 0.2) is 0 Å². The van der Waals surface area contributed by atoms with Gasteiger partial charge >= 0.3 is 5.95 Å². The first kappa shape index (κ1) is 15.6. The quantitative estimate of drug-likeness (QED) is 0.645. The first-order valence-electron chi connectivity index (χ1n) is 6.91. The Balaban J connectivity index is 1.93. The summed E-state index contributed by atoms with van der Waals surface area (Å²) in [4.78, 5) is 25.2. The molecule has 2 aromatic rings. The van der Waals surface area contributed by atoms with Gasteiger partial charge in [0.2, 0.25) is 12.2 Å². The van der Waals surface area contributed by atoms with Gasteiger partial charge in [0.05, 0.1) is 6.04 Å². The Bertz CT molecular complexity index is 665. The highest BCUT2D eigenvalue weighted by atomic mass is 16.6. The Morgan fingerprint density at radius 1 is 1.41 bits per heavy atom. The van der Waals surface area contributed by atoms with Gasteiger partial charge in [-0.3, -0.25) is 4.79 Å². The molecule has 0 aliphatic carbocycles. The van der Waals surface area contributed by atoms with Gasteiger partial charge < -0.3 is 15.4 Å². The first-order valence-corrected chi connectivity index (χ1v) is 6.91. The number of hydrogen-bond acceptors (Lipinski definition) is 5. The lowest BCUT2D eigenvalue weighted by Gasteiger charge is -2.14. The number of carbonyl (C=O) groups excluding carboxylic acids is 1. The van der Waals surface area contributed by atoms with Gasteiger partial charge in [0, 0.05) is 5.10 Å². The molecule has 2 rings (SSSR count). The average Bonchev–Trinajstić information content (AvgIpc) is 2.95. The van der Waals surface area contributed by atoms with Crippen molar-refractivity contribution >= 4 is 11.9 Å². The van der Waals surface area contributed by atoms with Gasteiger partial charge in [-0.05, 0) is 29.4 Å². The monoisotopic (exact) mass is 303 g/mol. The zero-order valence-corrected chi connectivity index (χ0v) is 12.4. The van der Waals surface area contributed by atoms with Crippen molar-refractivity contribution in [2.24, 2.45) is 0 Å². The smallest absolute Gasteiger partial charge is 0.390 e. The maximum Gasteiger partial charge on any atom is 0.490 e. The predicted octanol–water partition coefficient (Wildman–Crippen LogP) is 1.63. The fourth-order valence-electron chi connectivity index (χ4n) is 2.00. The summed E-state index contributed by atoms with van der Waals surface area (Å²) in [5.41, 5.74) is 2.23. The molecule has 0 bridgehead atoms. The summed E-state index contributed by atoms with van der Waals surface area (Å²) in [6, 6.07) is 7.85. The van der Waals surface area contributed by atoms with Gasteiger partial charge in [-0.25, -0.2) is 0 Å². The van der Waals surface area contributed by atoms with Crippen LogP contribution in [0.3, 0.4) is 0 Å². The number of nitro groups is 1. The van der Waals surface area contributed by atoms with E-state index in [1.807, 2.05) is 31.2 Å². The van der Waals surface area contributed by atoms with Crippen LogP contribution in [0.15, 0.2) is 30.6 Å². The minimum absolute atomic E-state index is 0.113. The zero-order valence-electron chi connectivity index (χ0n) is 12.4. The topological polar surface area (TPSA) is 103 Å². The van der Waals surface area contributed by atoms with Crippen LogP contribution in [0.2, 0.25) is 0 Å². The molecular weight excluding hydrogens is 286 g/mol. The van der Waals surface area contributed by atoms with Crippen LogP contribution in [0.4, 0.5) is 5.95 Å². The second kappa shape index (κ2) is 6.79. The van der Waals surface area contributed by atoms with Gasteiger partial charge in [0.1, 0.15) is 6.54 Å². The molecule has 0 saturated carbocycles. The van der Waals surface area contributed by atoms with Crippen LogP contribution in [0, 0.1) is 10.1 Å². The second-order valence-electron chi connectivity index (χ2n) is 4.88. The van der Waals surface area contributed by atoms with E-state index in [1.54, 1.807) is 0 Å². The summed E-state index contributed by atoms with van der Waals surface area (Å²) in [5, 5.41) is 16.9. The van der Waals surface area contributed by atoms with E-state index < -0.39 is 10.9 Å². The highest BCUT2D eigenvalue weighted by Crippen LogP contribution is 2.13. The van der Waals surface area contributed by atoms with E-state index in [-0.39, 0.29) is 18.5 Å². The van der Waals surface area contributed by atoms with Crippen LogP contribution in [-0.4, -0.2) is 25.6 Å². The summed E-state index contributed by atoms with van der Waals surface area (Å²) in [7, 11) is 0. The number of nitrogens with zero attached hydrogens (tertiary/aromatic N) is 4. The molecule has 0 aliphatic heterocycles.